The molecule has 1 unspecified atom stereocenters. The number of aliphatic hydroxyl groups excluding tert-OH is 1. The van der Waals surface area contributed by atoms with E-state index in [1.165, 1.54) is 0 Å². The fourth-order valence-electron chi connectivity index (χ4n) is 3.99. The first-order valence-electron chi connectivity index (χ1n) is 7.15. The average molecular weight is 270 g/mol. The minimum atomic E-state index is -1.08. The lowest BCUT2D eigenvalue weighted by molar-refractivity contribution is -0.283. The maximum Gasteiger partial charge on any atom is 0.114 e. The number of fused-ring (bicyclic) bond motifs is 1. The van der Waals surface area contributed by atoms with Crippen LogP contribution >= 0.6 is 0 Å². The lowest BCUT2D eigenvalue weighted by Gasteiger charge is -2.56. The first-order chi connectivity index (χ1) is 8.76. The monoisotopic (exact) mass is 270 g/mol. The van der Waals surface area contributed by atoms with Gasteiger partial charge < -0.3 is 10.2 Å². The number of hydrogen-bond donors (Lipinski definition) is 3. The van der Waals surface area contributed by atoms with Crippen molar-refractivity contribution >= 4 is 0 Å². The number of hydrogen-bond acceptors (Lipinski definition) is 4. The van der Waals surface area contributed by atoms with Crippen LogP contribution in [-0.2, 0) is 4.89 Å². The van der Waals surface area contributed by atoms with Crippen molar-refractivity contribution in [3.63, 3.8) is 0 Å². The van der Waals surface area contributed by atoms with Gasteiger partial charge in [0.25, 0.3) is 0 Å². The standard InChI is InChI=1S/C15H26O4/c1-9(2)15(17)8-7-14(4)6-5-11(19-18)10(3)12(14)13(15)16/h9,11-13,16-18H,3,5-8H2,1-2,4H3/t11-,12?,13+,14-,15-/m1/s1. The van der Waals surface area contributed by atoms with Gasteiger partial charge in [0.2, 0.25) is 0 Å². The molecule has 2 aliphatic carbocycles. The zero-order valence-corrected chi connectivity index (χ0v) is 12.1. The van der Waals surface area contributed by atoms with Crippen molar-refractivity contribution in [2.45, 2.75) is 64.3 Å². The molecule has 2 aliphatic rings. The first kappa shape index (κ1) is 15.0. The van der Waals surface area contributed by atoms with Crippen LogP contribution in [0.2, 0.25) is 0 Å². The highest BCUT2D eigenvalue weighted by atomic mass is 17.1. The molecule has 3 N–H and O–H groups in total. The molecule has 2 rings (SSSR count). The summed E-state index contributed by atoms with van der Waals surface area (Å²) < 4.78 is 0. The van der Waals surface area contributed by atoms with Crippen LogP contribution in [0.5, 0.6) is 0 Å². The Bertz CT molecular complexity index is 367. The van der Waals surface area contributed by atoms with E-state index in [9.17, 15) is 10.2 Å². The van der Waals surface area contributed by atoms with Crippen LogP contribution in [-0.4, -0.2) is 33.3 Å². The molecule has 0 spiro atoms. The molecule has 110 valence electrons. The summed E-state index contributed by atoms with van der Waals surface area (Å²) in [5.41, 5.74) is -0.431. The van der Waals surface area contributed by atoms with Gasteiger partial charge >= 0.3 is 0 Å². The van der Waals surface area contributed by atoms with E-state index in [0.29, 0.717) is 12.0 Å². The second-order valence-corrected chi connectivity index (χ2v) is 6.93. The molecule has 4 heteroatoms. The van der Waals surface area contributed by atoms with Crippen molar-refractivity contribution < 1.29 is 20.4 Å². The quantitative estimate of drug-likeness (QED) is 0.409. The Morgan fingerprint density at radius 3 is 2.47 bits per heavy atom. The van der Waals surface area contributed by atoms with Gasteiger partial charge in [-0.25, -0.2) is 4.89 Å². The second-order valence-electron chi connectivity index (χ2n) is 6.93. The maximum absolute atomic E-state index is 10.8. The predicted molar refractivity (Wildman–Crippen MR) is 72.5 cm³/mol. The molecule has 0 amide bonds. The summed E-state index contributed by atoms with van der Waals surface area (Å²) in [6, 6.07) is 0. The highest BCUT2D eigenvalue weighted by Gasteiger charge is 2.57. The molecule has 2 saturated carbocycles. The lowest BCUT2D eigenvalue weighted by Crippen LogP contribution is -2.61. The van der Waals surface area contributed by atoms with Crippen molar-refractivity contribution in [3.8, 4) is 0 Å². The van der Waals surface area contributed by atoms with Gasteiger partial charge in [-0.2, -0.15) is 0 Å². The second kappa shape index (κ2) is 4.85. The van der Waals surface area contributed by atoms with Crippen LogP contribution in [0.4, 0.5) is 0 Å². The third-order valence-corrected chi connectivity index (χ3v) is 5.59. The molecule has 19 heavy (non-hydrogen) atoms. The van der Waals surface area contributed by atoms with Crippen molar-refractivity contribution in [2.24, 2.45) is 17.3 Å². The first-order valence-corrected chi connectivity index (χ1v) is 7.15. The minimum Gasteiger partial charge on any atom is -0.389 e. The third-order valence-electron chi connectivity index (χ3n) is 5.59. The third kappa shape index (κ3) is 2.15. The molecule has 4 nitrogen and oxygen atoms in total. The van der Waals surface area contributed by atoms with Crippen LogP contribution < -0.4 is 0 Å². The normalized spacial score (nSPS) is 47.3. The zero-order chi connectivity index (χ0) is 14.4. The maximum atomic E-state index is 10.8. The summed E-state index contributed by atoms with van der Waals surface area (Å²) >= 11 is 0. The summed E-state index contributed by atoms with van der Waals surface area (Å²) in [7, 11) is 0. The Morgan fingerprint density at radius 2 is 1.95 bits per heavy atom. The Kier molecular flexibility index (Phi) is 3.82. The van der Waals surface area contributed by atoms with Gasteiger partial charge in [-0.15, -0.1) is 0 Å². The van der Waals surface area contributed by atoms with Gasteiger partial charge in [0.1, 0.15) is 6.10 Å². The van der Waals surface area contributed by atoms with E-state index in [2.05, 4.69) is 18.4 Å². The molecule has 2 fully saturated rings. The molecular weight excluding hydrogens is 244 g/mol. The lowest BCUT2D eigenvalue weighted by atomic mass is 9.52. The number of aliphatic hydroxyl groups is 2. The smallest absolute Gasteiger partial charge is 0.114 e. The molecule has 0 aromatic carbocycles. The number of rotatable bonds is 2. The van der Waals surface area contributed by atoms with Gasteiger partial charge in [0, 0.05) is 5.92 Å². The van der Waals surface area contributed by atoms with E-state index in [1.807, 2.05) is 13.8 Å². The minimum absolute atomic E-state index is 0.0183. The van der Waals surface area contributed by atoms with E-state index in [4.69, 9.17) is 5.26 Å². The highest BCUT2D eigenvalue weighted by molar-refractivity contribution is 5.22. The van der Waals surface area contributed by atoms with Crippen LogP contribution in [0, 0.1) is 17.3 Å². The van der Waals surface area contributed by atoms with Gasteiger partial charge in [-0.1, -0.05) is 27.4 Å². The van der Waals surface area contributed by atoms with E-state index in [1.54, 1.807) is 0 Å². The van der Waals surface area contributed by atoms with Crippen molar-refractivity contribution in [1.29, 1.82) is 0 Å². The largest absolute Gasteiger partial charge is 0.389 e. The van der Waals surface area contributed by atoms with Crippen LogP contribution in [0.15, 0.2) is 12.2 Å². The molecule has 0 radical (unpaired) electrons. The molecule has 5 atom stereocenters. The SMILES string of the molecule is C=C1C2[C@H](O)[C@](O)(C(C)C)CC[C@@]2(C)CC[C@H]1OO. The molecule has 0 bridgehead atoms. The highest BCUT2D eigenvalue weighted by Crippen LogP contribution is 2.56. The summed E-state index contributed by atoms with van der Waals surface area (Å²) in [4.78, 5) is 4.48. The Hall–Kier alpha value is -0.420. The molecule has 0 aliphatic heterocycles. The van der Waals surface area contributed by atoms with Gasteiger partial charge in [0.05, 0.1) is 11.7 Å². The van der Waals surface area contributed by atoms with Crippen molar-refractivity contribution in [2.75, 3.05) is 0 Å². The molecular formula is C15H26O4. The summed E-state index contributed by atoms with van der Waals surface area (Å²) in [6.07, 6.45) is 1.78. The van der Waals surface area contributed by atoms with Crippen LogP contribution in [0.1, 0.15) is 46.5 Å². The fourth-order valence-corrected chi connectivity index (χ4v) is 3.99. The topological polar surface area (TPSA) is 69.9 Å². The Labute approximate surface area is 115 Å². The van der Waals surface area contributed by atoms with Gasteiger partial charge in [0.15, 0.2) is 0 Å². The molecule has 0 heterocycles. The van der Waals surface area contributed by atoms with E-state index in [-0.39, 0.29) is 17.3 Å². The van der Waals surface area contributed by atoms with Crippen LogP contribution in [0.25, 0.3) is 0 Å². The van der Waals surface area contributed by atoms with Gasteiger partial charge in [-0.05, 0) is 42.6 Å². The predicted octanol–water partition coefficient (Wildman–Crippen LogP) is 2.36. The van der Waals surface area contributed by atoms with E-state index < -0.39 is 17.8 Å². The van der Waals surface area contributed by atoms with Gasteiger partial charge in [-0.3, -0.25) is 5.26 Å². The van der Waals surface area contributed by atoms with E-state index in [0.717, 1.165) is 19.3 Å². The summed E-state index contributed by atoms with van der Waals surface area (Å²) in [6.45, 7) is 10.0. The van der Waals surface area contributed by atoms with Crippen molar-refractivity contribution in [3.05, 3.63) is 12.2 Å². The Balaban J connectivity index is 2.34. The molecule has 0 aromatic rings. The summed E-state index contributed by atoms with van der Waals surface area (Å²) in [5, 5.41) is 30.4. The average Bonchev–Trinajstić information content (AvgIpc) is 2.34. The fraction of sp³-hybridized carbons (Fsp3) is 0.867. The molecule has 0 aromatic heterocycles. The summed E-state index contributed by atoms with van der Waals surface area (Å²) in [5.74, 6) is -0.241. The van der Waals surface area contributed by atoms with Crippen molar-refractivity contribution in [1.82, 2.24) is 0 Å². The Morgan fingerprint density at radius 1 is 1.32 bits per heavy atom. The van der Waals surface area contributed by atoms with Crippen LogP contribution in [0.3, 0.4) is 0 Å². The van der Waals surface area contributed by atoms with E-state index >= 15 is 0 Å². The zero-order valence-electron chi connectivity index (χ0n) is 12.1. The molecule has 0 saturated heterocycles.